The Bertz CT molecular complexity index is 3670. The van der Waals surface area contributed by atoms with Gasteiger partial charge in [0.05, 0.1) is 22.1 Å². The van der Waals surface area contributed by atoms with Crippen LogP contribution in [-0.4, -0.2) is 0 Å². The molecule has 14 rings (SSSR count). The minimum absolute atomic E-state index is 0.0366. The molecule has 0 N–H and O–H groups in total. The van der Waals surface area contributed by atoms with Gasteiger partial charge < -0.3 is 4.90 Å². The summed E-state index contributed by atoms with van der Waals surface area (Å²) < 4.78 is 5.49. The van der Waals surface area contributed by atoms with Gasteiger partial charge in [-0.15, -0.1) is 22.7 Å². The summed E-state index contributed by atoms with van der Waals surface area (Å²) >= 11 is 3.96. The molecule has 8 aromatic carbocycles. The van der Waals surface area contributed by atoms with Crippen molar-refractivity contribution >= 4 is 74.4 Å². The van der Waals surface area contributed by atoms with Gasteiger partial charge in [-0.1, -0.05) is 163 Å². The van der Waals surface area contributed by atoms with Gasteiger partial charge in [0.1, 0.15) is 0 Å². The smallest absolute Gasteiger partial charge is 0.0858 e. The SMILES string of the molecule is CC1(C)CCC(C)(C)c2cc3c(cc21)C1c2c(cccc2C3(C)C)C2c3c(cc4c(sc5ccccc54)c31)-c1ccc(-c3ccccc3)cc1N2c1cccc2c1sc1ccccc12. The van der Waals surface area contributed by atoms with Crippen molar-refractivity contribution in [2.24, 2.45) is 0 Å². The van der Waals surface area contributed by atoms with E-state index in [9.17, 15) is 0 Å². The molecule has 0 fully saturated rings. The Morgan fingerprint density at radius 3 is 1.86 bits per heavy atom. The van der Waals surface area contributed by atoms with E-state index in [1.807, 2.05) is 22.7 Å². The zero-order valence-electron chi connectivity index (χ0n) is 37.3. The molecule has 64 heavy (non-hydrogen) atoms. The Balaban J connectivity index is 1.17. The number of rotatable bonds is 2. The van der Waals surface area contributed by atoms with E-state index in [0.29, 0.717) is 0 Å². The van der Waals surface area contributed by atoms with Crippen LogP contribution in [0.3, 0.4) is 0 Å². The van der Waals surface area contributed by atoms with Crippen molar-refractivity contribution in [3.05, 3.63) is 202 Å². The van der Waals surface area contributed by atoms with E-state index < -0.39 is 0 Å². The molecule has 0 amide bonds. The van der Waals surface area contributed by atoms with Crippen molar-refractivity contribution in [2.45, 2.75) is 82.6 Å². The monoisotopic (exact) mass is 859 g/mol. The van der Waals surface area contributed by atoms with Gasteiger partial charge in [-0.2, -0.15) is 0 Å². The molecular formula is C61H49NS2. The Labute approximate surface area is 383 Å². The highest BCUT2D eigenvalue weighted by Gasteiger charge is 2.51. The lowest BCUT2D eigenvalue weighted by atomic mass is 9.55. The van der Waals surface area contributed by atoms with Gasteiger partial charge in [0.15, 0.2) is 0 Å². The van der Waals surface area contributed by atoms with Crippen molar-refractivity contribution in [3.8, 4) is 22.3 Å². The van der Waals surface area contributed by atoms with Gasteiger partial charge in [0.2, 0.25) is 0 Å². The lowest BCUT2D eigenvalue weighted by Crippen LogP contribution is -2.40. The second-order valence-electron chi connectivity index (χ2n) is 21.0. The Morgan fingerprint density at radius 2 is 1.09 bits per heavy atom. The molecular weight excluding hydrogens is 811 g/mol. The van der Waals surface area contributed by atoms with Gasteiger partial charge in [-0.05, 0) is 121 Å². The third-order valence-corrected chi connectivity index (χ3v) is 18.7. The van der Waals surface area contributed by atoms with Crippen LogP contribution in [-0.2, 0) is 16.2 Å². The first-order chi connectivity index (χ1) is 31.0. The van der Waals surface area contributed by atoms with Crippen LogP contribution in [0, 0.1) is 0 Å². The van der Waals surface area contributed by atoms with Crippen LogP contribution in [0.4, 0.5) is 11.4 Å². The highest BCUT2D eigenvalue weighted by molar-refractivity contribution is 7.26. The van der Waals surface area contributed by atoms with Crippen LogP contribution >= 0.6 is 22.7 Å². The second kappa shape index (κ2) is 12.6. The topological polar surface area (TPSA) is 3.24 Å². The van der Waals surface area contributed by atoms with Crippen LogP contribution in [0.25, 0.3) is 62.6 Å². The van der Waals surface area contributed by atoms with Crippen LogP contribution in [0.1, 0.15) is 116 Å². The molecule has 3 heterocycles. The fourth-order valence-electron chi connectivity index (χ4n) is 12.9. The second-order valence-corrected chi connectivity index (χ2v) is 23.1. The molecule has 1 aliphatic heterocycles. The highest BCUT2D eigenvalue weighted by Crippen LogP contribution is 2.65. The lowest BCUT2D eigenvalue weighted by Gasteiger charge is -2.51. The fourth-order valence-corrected chi connectivity index (χ4v) is 15.4. The molecule has 2 atom stereocenters. The molecule has 0 saturated heterocycles. The van der Waals surface area contributed by atoms with E-state index in [-0.39, 0.29) is 28.2 Å². The predicted molar refractivity (Wildman–Crippen MR) is 275 cm³/mol. The number of benzene rings is 8. The third kappa shape index (κ3) is 4.79. The summed E-state index contributed by atoms with van der Waals surface area (Å²) in [5.41, 5.74) is 21.3. The molecule has 2 unspecified atom stereocenters. The number of hydrogen-bond acceptors (Lipinski definition) is 3. The number of thiophene rings is 2. The summed E-state index contributed by atoms with van der Waals surface area (Å²) in [5.74, 6) is 0.106. The van der Waals surface area contributed by atoms with Crippen molar-refractivity contribution < 1.29 is 0 Å². The number of anilines is 2. The molecule has 2 aromatic heterocycles. The van der Waals surface area contributed by atoms with Crippen molar-refractivity contribution in [1.82, 2.24) is 0 Å². The minimum atomic E-state index is -0.193. The van der Waals surface area contributed by atoms with E-state index in [0.717, 1.165) is 0 Å². The summed E-state index contributed by atoms with van der Waals surface area (Å²) in [7, 11) is 0. The summed E-state index contributed by atoms with van der Waals surface area (Å²) in [6, 6.07) is 58.9. The molecule has 0 saturated carbocycles. The number of fused-ring (bicyclic) bond motifs is 14. The standard InChI is InChI=1S/C61H49NS2/c1-59(2)28-29-60(3,4)47-33-45-43(32-46(47)59)53-52-40(21-14-22-44(52)61(45,5)6)56-54-41(31-42-38-19-11-13-25-51(38)64-58(42)55(53)54)36-27-26-35(34-16-8-7-9-17-34)30-49(36)62(56)48-23-15-20-39-37-18-10-12-24-50(37)63-57(39)48/h7-27,30-33,53,56H,28-29H2,1-6H3. The lowest BCUT2D eigenvalue weighted by molar-refractivity contribution is 0.330. The first-order valence-electron chi connectivity index (χ1n) is 23.2. The predicted octanol–water partition coefficient (Wildman–Crippen LogP) is 17.5. The highest BCUT2D eigenvalue weighted by atomic mass is 32.1. The fraction of sp³-hybridized carbons (Fsp3) is 0.213. The molecule has 0 spiro atoms. The zero-order chi connectivity index (χ0) is 43.0. The van der Waals surface area contributed by atoms with Crippen molar-refractivity contribution in [3.63, 3.8) is 0 Å². The van der Waals surface area contributed by atoms with Crippen LogP contribution in [0.15, 0.2) is 152 Å². The quantitative estimate of drug-likeness (QED) is 0.167. The molecule has 310 valence electrons. The molecule has 4 aliphatic rings. The Morgan fingerprint density at radius 1 is 0.438 bits per heavy atom. The molecule has 3 heteroatoms. The van der Waals surface area contributed by atoms with Crippen molar-refractivity contribution in [2.75, 3.05) is 4.90 Å². The summed E-state index contributed by atoms with van der Waals surface area (Å²) in [6.45, 7) is 15.0. The van der Waals surface area contributed by atoms with Crippen LogP contribution < -0.4 is 4.90 Å². The van der Waals surface area contributed by atoms with E-state index in [4.69, 9.17) is 0 Å². The molecule has 0 radical (unpaired) electrons. The average Bonchev–Trinajstić information content (AvgIpc) is 3.89. The Kier molecular flexibility index (Phi) is 7.37. The maximum Gasteiger partial charge on any atom is 0.0858 e. The number of hydrogen-bond donors (Lipinski definition) is 0. The van der Waals surface area contributed by atoms with E-state index in [1.54, 1.807) is 11.1 Å². The molecule has 10 aromatic rings. The van der Waals surface area contributed by atoms with Gasteiger partial charge in [-0.25, -0.2) is 0 Å². The first kappa shape index (κ1) is 37.4. The number of nitrogens with zero attached hydrogens (tertiary/aromatic N) is 1. The largest absolute Gasteiger partial charge is 0.328 e. The van der Waals surface area contributed by atoms with Crippen LogP contribution in [0.2, 0.25) is 0 Å². The van der Waals surface area contributed by atoms with Gasteiger partial charge >= 0.3 is 0 Å². The molecule has 1 nitrogen and oxygen atoms in total. The van der Waals surface area contributed by atoms with E-state index >= 15 is 0 Å². The minimum Gasteiger partial charge on any atom is -0.328 e. The summed E-state index contributed by atoms with van der Waals surface area (Å²) in [5, 5.41) is 5.42. The van der Waals surface area contributed by atoms with E-state index in [2.05, 4.69) is 198 Å². The van der Waals surface area contributed by atoms with Crippen LogP contribution in [0.5, 0.6) is 0 Å². The maximum absolute atomic E-state index is 2.79. The zero-order valence-corrected chi connectivity index (χ0v) is 38.9. The maximum atomic E-state index is 2.79. The van der Waals surface area contributed by atoms with E-state index in [1.165, 1.54) is 126 Å². The normalized spacial score (nSPS) is 19.3. The molecule has 3 aliphatic carbocycles. The van der Waals surface area contributed by atoms with Gasteiger partial charge in [0, 0.05) is 52.5 Å². The van der Waals surface area contributed by atoms with Crippen molar-refractivity contribution in [1.29, 1.82) is 0 Å². The molecule has 0 bridgehead atoms. The summed E-state index contributed by atoms with van der Waals surface area (Å²) in [4.78, 5) is 2.79. The van der Waals surface area contributed by atoms with Gasteiger partial charge in [-0.3, -0.25) is 0 Å². The first-order valence-corrected chi connectivity index (χ1v) is 24.8. The Hall–Kier alpha value is -6.00. The van der Waals surface area contributed by atoms with Gasteiger partial charge in [0.25, 0.3) is 0 Å². The summed E-state index contributed by atoms with van der Waals surface area (Å²) in [6.07, 6.45) is 2.41. The average molecular weight is 860 g/mol. The third-order valence-electron chi connectivity index (χ3n) is 16.3.